The summed E-state index contributed by atoms with van der Waals surface area (Å²) in [5.41, 5.74) is 2.15. The highest BCUT2D eigenvalue weighted by atomic mass is 16.5. The van der Waals surface area contributed by atoms with E-state index in [0.29, 0.717) is 6.54 Å². The maximum atomic E-state index is 12.2. The molecule has 0 atom stereocenters. The molecule has 2 aliphatic rings. The second-order valence-electron chi connectivity index (χ2n) is 7.12. The highest BCUT2D eigenvalue weighted by molar-refractivity contribution is 5.97. The molecule has 2 aliphatic heterocycles. The van der Waals surface area contributed by atoms with Gasteiger partial charge in [-0.15, -0.1) is 0 Å². The van der Waals surface area contributed by atoms with E-state index in [1.807, 2.05) is 18.2 Å². The van der Waals surface area contributed by atoms with Crippen molar-refractivity contribution in [3.63, 3.8) is 0 Å². The van der Waals surface area contributed by atoms with Gasteiger partial charge in [-0.2, -0.15) is 5.26 Å². The van der Waals surface area contributed by atoms with Crippen molar-refractivity contribution in [2.45, 2.75) is 19.3 Å². The number of piperidine rings is 1. The molecule has 0 bridgehead atoms. The van der Waals surface area contributed by atoms with E-state index in [1.54, 1.807) is 0 Å². The van der Waals surface area contributed by atoms with Crippen LogP contribution in [0.3, 0.4) is 0 Å². The fraction of sp³-hybridized carbons (Fsp3) is 0.524. The minimum atomic E-state index is -0.354. The van der Waals surface area contributed by atoms with Crippen molar-refractivity contribution in [3.05, 3.63) is 36.0 Å². The molecule has 28 heavy (non-hydrogen) atoms. The normalized spacial score (nSPS) is 18.4. The molecule has 2 heterocycles. The molecule has 1 aromatic rings. The Bertz CT molecular complexity index is 699. The summed E-state index contributed by atoms with van der Waals surface area (Å²) in [7, 11) is 0. The van der Waals surface area contributed by atoms with Gasteiger partial charge in [0.1, 0.15) is 11.6 Å². The van der Waals surface area contributed by atoms with Crippen LogP contribution < -0.4 is 15.5 Å². The summed E-state index contributed by atoms with van der Waals surface area (Å²) in [6, 6.07) is 10.1. The Hall–Kier alpha value is -2.56. The number of amides is 1. The van der Waals surface area contributed by atoms with Crippen molar-refractivity contribution in [2.75, 3.05) is 62.7 Å². The van der Waals surface area contributed by atoms with Crippen molar-refractivity contribution in [2.24, 2.45) is 0 Å². The van der Waals surface area contributed by atoms with E-state index in [4.69, 9.17) is 4.74 Å². The number of hydrogen-bond donors (Lipinski definition) is 2. The fourth-order valence-corrected chi connectivity index (χ4v) is 3.47. The number of anilines is 2. The van der Waals surface area contributed by atoms with Gasteiger partial charge in [-0.25, -0.2) is 0 Å². The van der Waals surface area contributed by atoms with Crippen molar-refractivity contribution in [1.82, 2.24) is 10.2 Å². The van der Waals surface area contributed by atoms with Crippen LogP contribution in [0.2, 0.25) is 0 Å². The predicted octanol–water partition coefficient (Wildman–Crippen LogP) is 1.94. The molecule has 0 spiro atoms. The van der Waals surface area contributed by atoms with Gasteiger partial charge in [0.2, 0.25) is 0 Å². The molecule has 2 saturated heterocycles. The van der Waals surface area contributed by atoms with Crippen LogP contribution in [-0.4, -0.2) is 63.3 Å². The molecule has 7 nitrogen and oxygen atoms in total. The first-order valence-electron chi connectivity index (χ1n) is 10.1. The average Bonchev–Trinajstić information content (AvgIpc) is 2.76. The van der Waals surface area contributed by atoms with Gasteiger partial charge in [0.15, 0.2) is 0 Å². The predicted molar refractivity (Wildman–Crippen MR) is 110 cm³/mol. The highest BCUT2D eigenvalue weighted by Gasteiger charge is 2.13. The summed E-state index contributed by atoms with van der Waals surface area (Å²) in [6.07, 6.45) is 5.27. The van der Waals surface area contributed by atoms with Crippen molar-refractivity contribution in [1.29, 1.82) is 5.26 Å². The van der Waals surface area contributed by atoms with Crippen molar-refractivity contribution in [3.8, 4) is 6.07 Å². The van der Waals surface area contributed by atoms with E-state index in [0.717, 1.165) is 51.6 Å². The monoisotopic (exact) mass is 383 g/mol. The van der Waals surface area contributed by atoms with Crippen LogP contribution in [0.1, 0.15) is 19.3 Å². The smallest absolute Gasteiger partial charge is 0.263 e. The third kappa shape index (κ3) is 5.98. The van der Waals surface area contributed by atoms with Crippen LogP contribution >= 0.6 is 0 Å². The van der Waals surface area contributed by atoms with Gasteiger partial charge in [-0.05, 0) is 43.5 Å². The minimum Gasteiger partial charge on any atom is -0.379 e. The quantitative estimate of drug-likeness (QED) is 0.553. The Morgan fingerprint density at radius 1 is 1.11 bits per heavy atom. The summed E-state index contributed by atoms with van der Waals surface area (Å²) in [6.45, 7) is 6.72. The number of carbonyl (C=O) groups excluding carboxylic acids is 1. The van der Waals surface area contributed by atoms with E-state index in [1.165, 1.54) is 31.1 Å². The molecule has 1 aromatic carbocycles. The zero-order valence-corrected chi connectivity index (χ0v) is 16.3. The van der Waals surface area contributed by atoms with Crippen LogP contribution in [0.5, 0.6) is 0 Å². The molecular formula is C21H29N5O2. The number of benzene rings is 1. The van der Waals surface area contributed by atoms with Crippen LogP contribution in [0, 0.1) is 11.3 Å². The third-order valence-electron chi connectivity index (χ3n) is 5.15. The molecule has 1 amide bonds. The Kier molecular flexibility index (Phi) is 7.71. The number of ether oxygens (including phenoxy) is 1. The number of carbonyl (C=O) groups is 1. The lowest BCUT2D eigenvalue weighted by molar-refractivity contribution is -0.117. The second-order valence-corrected chi connectivity index (χ2v) is 7.12. The van der Waals surface area contributed by atoms with Crippen LogP contribution in [0.4, 0.5) is 11.4 Å². The minimum absolute atomic E-state index is 0.0714. The summed E-state index contributed by atoms with van der Waals surface area (Å²) >= 11 is 0. The number of nitrogens with one attached hydrogen (secondary N) is 2. The molecule has 2 fully saturated rings. The third-order valence-corrected chi connectivity index (χ3v) is 5.15. The summed E-state index contributed by atoms with van der Waals surface area (Å²) in [4.78, 5) is 16.8. The topological polar surface area (TPSA) is 80.6 Å². The van der Waals surface area contributed by atoms with Gasteiger partial charge < -0.3 is 20.3 Å². The highest BCUT2D eigenvalue weighted by Crippen LogP contribution is 2.21. The van der Waals surface area contributed by atoms with Gasteiger partial charge in [0.05, 0.1) is 13.2 Å². The van der Waals surface area contributed by atoms with Crippen molar-refractivity contribution >= 4 is 17.3 Å². The number of hydrogen-bond acceptors (Lipinski definition) is 6. The number of morpholine rings is 1. The largest absolute Gasteiger partial charge is 0.379 e. The van der Waals surface area contributed by atoms with Crippen molar-refractivity contribution < 1.29 is 9.53 Å². The van der Waals surface area contributed by atoms with E-state index in [9.17, 15) is 10.1 Å². The molecule has 2 N–H and O–H groups in total. The van der Waals surface area contributed by atoms with E-state index in [2.05, 4.69) is 32.6 Å². The van der Waals surface area contributed by atoms with Crippen LogP contribution in [0.25, 0.3) is 0 Å². The lowest BCUT2D eigenvalue weighted by Crippen LogP contribution is -2.41. The zero-order chi connectivity index (χ0) is 19.6. The summed E-state index contributed by atoms with van der Waals surface area (Å²) in [5.74, 6) is -0.354. The standard InChI is InChI=1S/C21H29N5O2/c22-16-18(21(27)23-8-11-25-12-14-28-15-13-25)17-24-19-4-6-20(7-5-19)26-9-2-1-3-10-26/h4-7,17,24H,1-3,8-15H2,(H,23,27)/b18-17-. The van der Waals surface area contributed by atoms with Gasteiger partial charge in [-0.3, -0.25) is 9.69 Å². The second kappa shape index (κ2) is 10.7. The molecule has 7 heteroatoms. The van der Waals surface area contributed by atoms with E-state index in [-0.39, 0.29) is 11.5 Å². The van der Waals surface area contributed by atoms with Gasteiger partial charge in [-0.1, -0.05) is 0 Å². The van der Waals surface area contributed by atoms with Crippen LogP contribution in [-0.2, 0) is 9.53 Å². The molecule has 0 aliphatic carbocycles. The lowest BCUT2D eigenvalue weighted by atomic mass is 10.1. The maximum absolute atomic E-state index is 12.2. The maximum Gasteiger partial charge on any atom is 0.263 e. The Balaban J connectivity index is 1.46. The molecule has 0 radical (unpaired) electrons. The van der Waals surface area contributed by atoms with Crippen LogP contribution in [0.15, 0.2) is 36.0 Å². The first kappa shape index (κ1) is 20.2. The number of nitriles is 1. The first-order chi connectivity index (χ1) is 13.8. The lowest BCUT2D eigenvalue weighted by Gasteiger charge is -2.28. The zero-order valence-electron chi connectivity index (χ0n) is 16.3. The van der Waals surface area contributed by atoms with Gasteiger partial charge >= 0.3 is 0 Å². The van der Waals surface area contributed by atoms with Gasteiger partial charge in [0.25, 0.3) is 5.91 Å². The molecule has 0 saturated carbocycles. The first-order valence-corrected chi connectivity index (χ1v) is 10.1. The molecule has 0 unspecified atom stereocenters. The fourth-order valence-electron chi connectivity index (χ4n) is 3.47. The SMILES string of the molecule is N#C/C(=C/Nc1ccc(N2CCCCC2)cc1)C(=O)NCCN1CCOCC1. The summed E-state index contributed by atoms with van der Waals surface area (Å²) < 4.78 is 5.31. The molecule has 150 valence electrons. The molecule has 3 rings (SSSR count). The number of nitrogens with zero attached hydrogens (tertiary/aromatic N) is 3. The molecule has 0 aromatic heterocycles. The summed E-state index contributed by atoms with van der Waals surface area (Å²) in [5, 5.41) is 15.2. The molecular weight excluding hydrogens is 354 g/mol. The Morgan fingerprint density at radius 2 is 1.82 bits per heavy atom. The van der Waals surface area contributed by atoms with E-state index >= 15 is 0 Å². The Labute approximate surface area is 166 Å². The Morgan fingerprint density at radius 3 is 2.50 bits per heavy atom. The average molecular weight is 383 g/mol. The van der Waals surface area contributed by atoms with Gasteiger partial charge in [0, 0.05) is 56.8 Å². The van der Waals surface area contributed by atoms with E-state index < -0.39 is 0 Å². The number of rotatable bonds is 7.